The lowest BCUT2D eigenvalue weighted by Gasteiger charge is -2.14. The number of esters is 2. The highest BCUT2D eigenvalue weighted by molar-refractivity contribution is 5.88. The number of nitrogens with one attached hydrogen (secondary N) is 1. The Morgan fingerprint density at radius 1 is 0.833 bits per heavy atom. The maximum Gasteiger partial charge on any atom is 0.333 e. The molecule has 0 aliphatic heterocycles. The predicted molar refractivity (Wildman–Crippen MR) is 124 cm³/mol. The van der Waals surface area contributed by atoms with Crippen LogP contribution in [0.25, 0.3) is 0 Å². The number of ether oxygens (including phenoxy) is 1. The summed E-state index contributed by atoms with van der Waals surface area (Å²) >= 11 is 0. The Bertz CT molecular complexity index is 646. The van der Waals surface area contributed by atoms with E-state index in [1.807, 2.05) is 6.08 Å². The number of rotatable bonds is 15. The standard InChI is InChI=1S/C24H37N3O3/c1-3-4-5-6-7-8-9-10-11-12-13-14-15-16-17-18-19-20-22(28)30-23(29)21-27(2)24(25)26/h4-5,7-8,10-11,13-14,16-17H,3,6,9,12,15,18-21H2,1-2H3,(H3,25,26)/b5-4-,8-7-,11-10-,14-13-,17-16-. The SMILES string of the molecule is CC/C=C\C/C=C\C/C=C\C/C=C\C/C=C\CCCC(=O)OC(=O)CN(C)C(=N)N. The minimum absolute atomic E-state index is 0.184. The van der Waals surface area contributed by atoms with E-state index in [2.05, 4.69) is 66.3 Å². The van der Waals surface area contributed by atoms with Gasteiger partial charge in [0, 0.05) is 13.5 Å². The van der Waals surface area contributed by atoms with Crippen LogP contribution in [0.4, 0.5) is 0 Å². The van der Waals surface area contributed by atoms with Crippen molar-refractivity contribution in [3.8, 4) is 0 Å². The summed E-state index contributed by atoms with van der Waals surface area (Å²) in [7, 11) is 1.48. The Morgan fingerprint density at radius 3 is 1.77 bits per heavy atom. The van der Waals surface area contributed by atoms with E-state index in [1.54, 1.807) is 0 Å². The number of carbonyl (C=O) groups excluding carboxylic acids is 2. The molecule has 0 aromatic rings. The molecule has 0 saturated heterocycles. The van der Waals surface area contributed by atoms with Gasteiger partial charge in [0.05, 0.1) is 0 Å². The van der Waals surface area contributed by atoms with Gasteiger partial charge in [-0.3, -0.25) is 10.2 Å². The number of nitrogens with zero attached hydrogens (tertiary/aromatic N) is 1. The van der Waals surface area contributed by atoms with E-state index in [9.17, 15) is 9.59 Å². The van der Waals surface area contributed by atoms with Gasteiger partial charge in [-0.1, -0.05) is 67.7 Å². The van der Waals surface area contributed by atoms with E-state index >= 15 is 0 Å². The zero-order chi connectivity index (χ0) is 22.5. The van der Waals surface area contributed by atoms with E-state index in [4.69, 9.17) is 11.1 Å². The third-order valence-corrected chi connectivity index (χ3v) is 3.91. The van der Waals surface area contributed by atoms with Crippen LogP contribution in [0.5, 0.6) is 0 Å². The molecule has 0 saturated carbocycles. The molecule has 30 heavy (non-hydrogen) atoms. The molecule has 0 radical (unpaired) electrons. The van der Waals surface area contributed by atoms with Crippen molar-refractivity contribution in [1.29, 1.82) is 5.41 Å². The second-order valence-electron chi connectivity index (χ2n) is 6.69. The Balaban J connectivity index is 3.69. The van der Waals surface area contributed by atoms with Crippen molar-refractivity contribution >= 4 is 17.9 Å². The molecule has 0 aromatic heterocycles. The molecular weight excluding hydrogens is 378 g/mol. The molecule has 6 nitrogen and oxygen atoms in total. The molecule has 166 valence electrons. The molecule has 0 amide bonds. The smallest absolute Gasteiger partial charge is 0.333 e. The lowest BCUT2D eigenvalue weighted by Crippen LogP contribution is -2.37. The molecule has 0 spiro atoms. The quantitative estimate of drug-likeness (QED) is 0.1000. The molecule has 0 fully saturated rings. The normalized spacial score (nSPS) is 12.1. The van der Waals surface area contributed by atoms with Crippen LogP contribution in [0, 0.1) is 5.41 Å². The van der Waals surface area contributed by atoms with Gasteiger partial charge in [-0.15, -0.1) is 0 Å². The van der Waals surface area contributed by atoms with E-state index in [0.717, 1.165) is 38.5 Å². The highest BCUT2D eigenvalue weighted by Gasteiger charge is 2.13. The summed E-state index contributed by atoms with van der Waals surface area (Å²) < 4.78 is 4.68. The second-order valence-corrected chi connectivity index (χ2v) is 6.69. The molecule has 0 aromatic carbocycles. The number of carbonyl (C=O) groups is 2. The van der Waals surface area contributed by atoms with Crippen LogP contribution in [0.15, 0.2) is 60.8 Å². The number of hydrogen-bond donors (Lipinski definition) is 2. The van der Waals surface area contributed by atoms with Gasteiger partial charge in [-0.25, -0.2) is 4.79 Å². The van der Waals surface area contributed by atoms with E-state index in [0.29, 0.717) is 6.42 Å². The molecule has 0 bridgehead atoms. The first kappa shape index (κ1) is 27.1. The summed E-state index contributed by atoms with van der Waals surface area (Å²) in [5, 5.41) is 7.15. The Morgan fingerprint density at radius 2 is 1.30 bits per heavy atom. The van der Waals surface area contributed by atoms with Crippen molar-refractivity contribution < 1.29 is 14.3 Å². The predicted octanol–water partition coefficient (Wildman–Crippen LogP) is 4.80. The van der Waals surface area contributed by atoms with Gasteiger partial charge in [-0.2, -0.15) is 0 Å². The van der Waals surface area contributed by atoms with Crippen molar-refractivity contribution in [2.45, 2.75) is 58.3 Å². The van der Waals surface area contributed by atoms with Crippen LogP contribution in [0.1, 0.15) is 58.3 Å². The van der Waals surface area contributed by atoms with Crippen molar-refractivity contribution in [3.63, 3.8) is 0 Å². The number of likely N-dealkylation sites (N-methyl/N-ethyl adjacent to an activating group) is 1. The lowest BCUT2D eigenvalue weighted by molar-refractivity contribution is -0.159. The first-order valence-corrected chi connectivity index (χ1v) is 10.5. The summed E-state index contributed by atoms with van der Waals surface area (Å²) in [5.41, 5.74) is 5.22. The average Bonchev–Trinajstić information content (AvgIpc) is 2.70. The fourth-order valence-corrected chi connectivity index (χ4v) is 2.22. The molecule has 0 aliphatic carbocycles. The fraction of sp³-hybridized carbons (Fsp3) is 0.458. The molecule has 0 atom stereocenters. The van der Waals surface area contributed by atoms with Gasteiger partial charge in [0.25, 0.3) is 0 Å². The van der Waals surface area contributed by atoms with Gasteiger partial charge in [0.15, 0.2) is 5.96 Å². The topological polar surface area (TPSA) is 96.5 Å². The van der Waals surface area contributed by atoms with Crippen LogP contribution in [-0.4, -0.2) is 36.4 Å². The summed E-state index contributed by atoms with van der Waals surface area (Å²) in [6.07, 6.45) is 27.8. The summed E-state index contributed by atoms with van der Waals surface area (Å²) in [4.78, 5) is 24.3. The van der Waals surface area contributed by atoms with Crippen LogP contribution < -0.4 is 5.73 Å². The Hall–Kier alpha value is -2.89. The first-order valence-electron chi connectivity index (χ1n) is 10.5. The number of allylic oxidation sites excluding steroid dienone is 10. The van der Waals surface area contributed by atoms with Gasteiger partial charge in [0.1, 0.15) is 6.54 Å². The number of nitrogens with two attached hydrogens (primary N) is 1. The van der Waals surface area contributed by atoms with Crippen LogP contribution in [0.2, 0.25) is 0 Å². The van der Waals surface area contributed by atoms with Crippen molar-refractivity contribution in [2.75, 3.05) is 13.6 Å². The average molecular weight is 416 g/mol. The second kappa shape index (κ2) is 19.4. The van der Waals surface area contributed by atoms with Gasteiger partial charge >= 0.3 is 11.9 Å². The zero-order valence-electron chi connectivity index (χ0n) is 18.4. The molecule has 6 heteroatoms. The molecule has 0 unspecified atom stereocenters. The molecule has 3 N–H and O–H groups in total. The molecule has 0 aliphatic rings. The lowest BCUT2D eigenvalue weighted by atomic mass is 10.2. The summed E-state index contributed by atoms with van der Waals surface area (Å²) in [6, 6.07) is 0. The van der Waals surface area contributed by atoms with E-state index in [-0.39, 0.29) is 18.9 Å². The summed E-state index contributed by atoms with van der Waals surface area (Å²) in [6.45, 7) is 1.92. The first-order chi connectivity index (χ1) is 14.5. The van der Waals surface area contributed by atoms with Crippen LogP contribution >= 0.6 is 0 Å². The number of hydrogen-bond acceptors (Lipinski definition) is 4. The maximum atomic E-state index is 11.6. The van der Waals surface area contributed by atoms with Gasteiger partial charge in [0.2, 0.25) is 0 Å². The fourth-order valence-electron chi connectivity index (χ4n) is 2.22. The van der Waals surface area contributed by atoms with Crippen LogP contribution in [0.3, 0.4) is 0 Å². The number of guanidine groups is 1. The maximum absolute atomic E-state index is 11.6. The summed E-state index contributed by atoms with van der Waals surface area (Å²) in [5.74, 6) is -1.50. The zero-order valence-corrected chi connectivity index (χ0v) is 18.4. The van der Waals surface area contributed by atoms with Gasteiger partial charge in [-0.05, 0) is 44.9 Å². The largest absolute Gasteiger partial charge is 0.392 e. The van der Waals surface area contributed by atoms with Crippen molar-refractivity contribution in [1.82, 2.24) is 4.90 Å². The van der Waals surface area contributed by atoms with E-state index < -0.39 is 11.9 Å². The minimum Gasteiger partial charge on any atom is -0.392 e. The Kier molecular flexibility index (Phi) is 17.6. The van der Waals surface area contributed by atoms with Crippen molar-refractivity contribution in [3.05, 3.63) is 60.8 Å². The third-order valence-electron chi connectivity index (χ3n) is 3.91. The van der Waals surface area contributed by atoms with Crippen molar-refractivity contribution in [2.24, 2.45) is 5.73 Å². The minimum atomic E-state index is -0.701. The third kappa shape index (κ3) is 18.5. The monoisotopic (exact) mass is 415 g/mol. The highest BCUT2D eigenvalue weighted by Crippen LogP contribution is 2.01. The van der Waals surface area contributed by atoms with Crippen LogP contribution in [-0.2, 0) is 14.3 Å². The molecule has 0 heterocycles. The Labute approximate surface area is 181 Å². The molecular formula is C24H37N3O3. The highest BCUT2D eigenvalue weighted by atomic mass is 16.6. The van der Waals surface area contributed by atoms with Gasteiger partial charge < -0.3 is 15.4 Å². The molecule has 0 rings (SSSR count). The van der Waals surface area contributed by atoms with E-state index in [1.165, 1.54) is 11.9 Å². The number of unbranched alkanes of at least 4 members (excludes halogenated alkanes) is 1.